The Morgan fingerprint density at radius 2 is 2.38 bits per heavy atom. The number of hydrogen-bond acceptors (Lipinski definition) is 4. The van der Waals surface area contributed by atoms with E-state index in [-0.39, 0.29) is 24.1 Å². The number of carbonyl (C=O) groups excluding carboxylic acids is 1. The first kappa shape index (κ1) is 10.5. The number of carboxylic acid groups (broad SMARTS) is 1. The minimum Gasteiger partial charge on any atom is -0.481 e. The maximum atomic E-state index is 11.4. The van der Waals surface area contributed by atoms with E-state index >= 15 is 0 Å². The van der Waals surface area contributed by atoms with Gasteiger partial charge in [-0.15, -0.1) is 0 Å². The van der Waals surface area contributed by atoms with E-state index in [4.69, 9.17) is 17.3 Å². The monoisotopic (exact) mass is 219 g/mol. The number of thiocarbonyl (C=S) groups is 1. The first-order chi connectivity index (χ1) is 6.02. The number of carboxylic acids is 1. The molecule has 6 heteroatoms. The van der Waals surface area contributed by atoms with Crippen LogP contribution in [0.2, 0.25) is 0 Å². The van der Waals surface area contributed by atoms with Gasteiger partial charge >= 0.3 is 5.97 Å². The molecule has 0 aromatic heterocycles. The normalized spacial score (nSPS) is 22.5. The summed E-state index contributed by atoms with van der Waals surface area (Å²) < 4.78 is 0.485. The number of amides is 1. The minimum absolute atomic E-state index is 0.0564. The van der Waals surface area contributed by atoms with Crippen LogP contribution in [0.5, 0.6) is 0 Å². The third-order valence-electron chi connectivity index (χ3n) is 1.66. The Kier molecular flexibility index (Phi) is 3.27. The highest BCUT2D eigenvalue weighted by Crippen LogP contribution is 2.26. The number of aliphatic carboxylic acids is 1. The molecule has 0 spiro atoms. The van der Waals surface area contributed by atoms with Crippen molar-refractivity contribution in [3.63, 3.8) is 0 Å². The summed E-state index contributed by atoms with van der Waals surface area (Å²) in [5, 5.41) is 8.26. The summed E-state index contributed by atoms with van der Waals surface area (Å²) in [5.74, 6) is -1.00. The number of thioether (sulfide) groups is 1. The molecule has 0 aliphatic carbocycles. The molecular weight excluding hydrogens is 210 g/mol. The van der Waals surface area contributed by atoms with E-state index in [1.807, 2.05) is 0 Å². The van der Waals surface area contributed by atoms with Crippen molar-refractivity contribution in [2.45, 2.75) is 18.6 Å². The summed E-state index contributed by atoms with van der Waals surface area (Å²) >= 11 is 6.22. The maximum absolute atomic E-state index is 11.4. The van der Waals surface area contributed by atoms with Crippen molar-refractivity contribution in [2.24, 2.45) is 0 Å². The second-order valence-electron chi connectivity index (χ2n) is 2.66. The Morgan fingerprint density at radius 1 is 1.77 bits per heavy atom. The van der Waals surface area contributed by atoms with Crippen molar-refractivity contribution in [3.05, 3.63) is 0 Å². The summed E-state index contributed by atoms with van der Waals surface area (Å²) in [6.07, 6.45) is -0.0564. The zero-order valence-corrected chi connectivity index (χ0v) is 8.65. The fraction of sp³-hybridized carbons (Fsp3) is 0.571. The number of nitrogens with zero attached hydrogens (tertiary/aromatic N) is 1. The summed E-state index contributed by atoms with van der Waals surface area (Å²) in [4.78, 5) is 23.0. The van der Waals surface area contributed by atoms with Crippen molar-refractivity contribution in [3.8, 4) is 0 Å². The first-order valence-corrected chi connectivity index (χ1v) is 5.05. The lowest BCUT2D eigenvalue weighted by molar-refractivity contribution is -0.137. The predicted octanol–water partition coefficient (Wildman–Crippen LogP) is 0.710. The van der Waals surface area contributed by atoms with Crippen LogP contribution in [0.15, 0.2) is 0 Å². The topological polar surface area (TPSA) is 57.6 Å². The molecular formula is C7H9NO3S2. The zero-order chi connectivity index (χ0) is 10.0. The van der Waals surface area contributed by atoms with Gasteiger partial charge in [-0.2, -0.15) is 0 Å². The van der Waals surface area contributed by atoms with Gasteiger partial charge in [0.1, 0.15) is 4.32 Å². The van der Waals surface area contributed by atoms with Crippen LogP contribution in [-0.2, 0) is 9.59 Å². The fourth-order valence-electron chi connectivity index (χ4n) is 0.984. The lowest BCUT2D eigenvalue weighted by Crippen LogP contribution is -2.32. The van der Waals surface area contributed by atoms with Crippen molar-refractivity contribution in [1.29, 1.82) is 0 Å². The third kappa shape index (κ3) is 2.41. The van der Waals surface area contributed by atoms with Gasteiger partial charge < -0.3 is 5.11 Å². The molecule has 13 heavy (non-hydrogen) atoms. The number of carbonyl (C=O) groups is 2. The highest BCUT2D eigenvalue weighted by atomic mass is 32.2. The van der Waals surface area contributed by atoms with E-state index in [0.717, 1.165) is 0 Å². The van der Waals surface area contributed by atoms with Crippen LogP contribution in [0, 0.1) is 0 Å². The molecule has 1 aliphatic heterocycles. The quantitative estimate of drug-likeness (QED) is 0.708. The zero-order valence-electron chi connectivity index (χ0n) is 7.02. The second-order valence-corrected chi connectivity index (χ2v) is 4.63. The van der Waals surface area contributed by atoms with Gasteiger partial charge in [0.15, 0.2) is 0 Å². The summed E-state index contributed by atoms with van der Waals surface area (Å²) in [5.41, 5.74) is 0. The third-order valence-corrected chi connectivity index (χ3v) is 3.15. The Balaban J connectivity index is 2.54. The van der Waals surface area contributed by atoms with Gasteiger partial charge in [0.2, 0.25) is 5.91 Å². The van der Waals surface area contributed by atoms with Crippen LogP contribution < -0.4 is 0 Å². The molecule has 1 saturated heterocycles. The standard InChI is InChI=1S/C7H9NO3S2/c1-4-6(11)8(7(12)13-4)3-2-5(9)10/h4H,2-3H2,1H3,(H,9,10)/t4-/m0/s1. The van der Waals surface area contributed by atoms with Crippen molar-refractivity contribution < 1.29 is 14.7 Å². The summed E-state index contributed by atoms with van der Waals surface area (Å²) in [6, 6.07) is 0. The van der Waals surface area contributed by atoms with Crippen LogP contribution in [0.3, 0.4) is 0 Å². The molecule has 1 atom stereocenters. The average molecular weight is 219 g/mol. The predicted molar refractivity (Wildman–Crippen MR) is 53.6 cm³/mol. The van der Waals surface area contributed by atoms with Gasteiger partial charge in [-0.1, -0.05) is 24.0 Å². The van der Waals surface area contributed by atoms with E-state index in [9.17, 15) is 9.59 Å². The lowest BCUT2D eigenvalue weighted by Gasteiger charge is -2.12. The van der Waals surface area contributed by atoms with Crippen LogP contribution in [0.4, 0.5) is 0 Å². The summed E-state index contributed by atoms with van der Waals surface area (Å²) in [7, 11) is 0. The minimum atomic E-state index is -0.917. The molecule has 0 bridgehead atoms. The van der Waals surface area contributed by atoms with Crippen molar-refractivity contribution >= 4 is 40.2 Å². The Labute approximate surface area is 85.3 Å². The van der Waals surface area contributed by atoms with Gasteiger partial charge in [0.05, 0.1) is 11.7 Å². The van der Waals surface area contributed by atoms with Gasteiger partial charge in [0, 0.05) is 6.54 Å². The lowest BCUT2D eigenvalue weighted by atomic mass is 10.3. The van der Waals surface area contributed by atoms with Crippen LogP contribution >= 0.6 is 24.0 Å². The number of rotatable bonds is 3. The van der Waals surface area contributed by atoms with Crippen LogP contribution in [0.1, 0.15) is 13.3 Å². The molecule has 72 valence electrons. The average Bonchev–Trinajstić information content (AvgIpc) is 2.24. The molecule has 1 N–H and O–H groups in total. The fourth-order valence-corrected chi connectivity index (χ4v) is 2.44. The molecule has 1 aliphatic rings. The molecule has 4 nitrogen and oxygen atoms in total. The Hall–Kier alpha value is -0.620. The molecule has 1 heterocycles. The van der Waals surface area contributed by atoms with E-state index < -0.39 is 5.97 Å². The molecule has 1 rings (SSSR count). The smallest absolute Gasteiger partial charge is 0.305 e. The Morgan fingerprint density at radius 3 is 2.77 bits per heavy atom. The molecule has 0 aromatic rings. The molecule has 0 aromatic carbocycles. The van der Waals surface area contributed by atoms with Crippen molar-refractivity contribution in [2.75, 3.05) is 6.54 Å². The maximum Gasteiger partial charge on any atom is 0.305 e. The highest BCUT2D eigenvalue weighted by Gasteiger charge is 2.33. The highest BCUT2D eigenvalue weighted by molar-refractivity contribution is 8.24. The summed E-state index contributed by atoms with van der Waals surface area (Å²) in [6.45, 7) is 1.95. The SMILES string of the molecule is C[C@@H]1SC(=S)N(CCC(=O)O)C1=O. The molecule has 0 unspecified atom stereocenters. The van der Waals surface area contributed by atoms with Gasteiger partial charge in [-0.3, -0.25) is 14.5 Å². The van der Waals surface area contributed by atoms with Gasteiger partial charge in [0.25, 0.3) is 0 Å². The molecule has 0 saturated carbocycles. The molecule has 1 amide bonds. The van der Waals surface area contributed by atoms with Crippen molar-refractivity contribution in [1.82, 2.24) is 4.90 Å². The van der Waals surface area contributed by atoms with E-state index in [1.54, 1.807) is 6.92 Å². The molecule has 1 fully saturated rings. The van der Waals surface area contributed by atoms with Crippen LogP contribution in [-0.4, -0.2) is 38.0 Å². The van der Waals surface area contributed by atoms with Crippen LogP contribution in [0.25, 0.3) is 0 Å². The first-order valence-electron chi connectivity index (χ1n) is 3.76. The van der Waals surface area contributed by atoms with E-state index in [1.165, 1.54) is 16.7 Å². The molecule has 0 radical (unpaired) electrons. The van der Waals surface area contributed by atoms with E-state index in [0.29, 0.717) is 4.32 Å². The number of hydrogen-bond donors (Lipinski definition) is 1. The Bertz CT molecular complexity index is 266. The largest absolute Gasteiger partial charge is 0.481 e. The second kappa shape index (κ2) is 4.06. The van der Waals surface area contributed by atoms with Gasteiger partial charge in [-0.25, -0.2) is 0 Å². The van der Waals surface area contributed by atoms with Gasteiger partial charge in [-0.05, 0) is 6.92 Å². The van der Waals surface area contributed by atoms with E-state index in [2.05, 4.69) is 0 Å².